The maximum atomic E-state index is 12.1. The van der Waals surface area contributed by atoms with Crippen LogP contribution in [-0.2, 0) is 22.0 Å². The van der Waals surface area contributed by atoms with E-state index in [1.807, 2.05) is 18.2 Å². The van der Waals surface area contributed by atoms with Gasteiger partial charge in [-0.3, -0.25) is 4.79 Å². The molecular formula is C18H19NO5S. The highest BCUT2D eigenvalue weighted by Crippen LogP contribution is 2.32. The average Bonchev–Trinajstić information content (AvgIpc) is 3.01. The van der Waals surface area contributed by atoms with E-state index in [1.165, 1.54) is 6.26 Å². The third kappa shape index (κ3) is 4.73. The molecule has 0 bridgehead atoms. The summed E-state index contributed by atoms with van der Waals surface area (Å²) < 4.78 is 33.1. The lowest BCUT2D eigenvalue weighted by atomic mass is 10.1. The number of ether oxygens (including phenoxy) is 2. The van der Waals surface area contributed by atoms with Crippen molar-refractivity contribution in [2.24, 2.45) is 0 Å². The topological polar surface area (TPSA) is 81.7 Å². The van der Waals surface area contributed by atoms with Gasteiger partial charge in [0.2, 0.25) is 6.79 Å². The molecule has 0 saturated carbocycles. The Labute approximate surface area is 146 Å². The monoisotopic (exact) mass is 361 g/mol. The highest BCUT2D eigenvalue weighted by atomic mass is 32.2. The Hall–Kier alpha value is -2.54. The van der Waals surface area contributed by atoms with E-state index in [2.05, 4.69) is 5.32 Å². The minimum atomic E-state index is -3.08. The first-order valence-electron chi connectivity index (χ1n) is 7.84. The van der Waals surface area contributed by atoms with Crippen LogP contribution in [0, 0.1) is 0 Å². The highest BCUT2D eigenvalue weighted by molar-refractivity contribution is 7.89. The molecule has 1 aliphatic heterocycles. The number of hydrogen-bond donors (Lipinski definition) is 1. The van der Waals surface area contributed by atoms with Gasteiger partial charge in [-0.25, -0.2) is 8.42 Å². The zero-order valence-corrected chi connectivity index (χ0v) is 14.6. The normalized spacial score (nSPS) is 12.8. The number of hydrogen-bond acceptors (Lipinski definition) is 5. The van der Waals surface area contributed by atoms with Crippen molar-refractivity contribution in [1.29, 1.82) is 0 Å². The second-order valence-electron chi connectivity index (χ2n) is 5.96. The van der Waals surface area contributed by atoms with E-state index in [-0.39, 0.29) is 18.5 Å². The summed E-state index contributed by atoms with van der Waals surface area (Å²) in [7, 11) is -3.08. The maximum Gasteiger partial charge on any atom is 0.251 e. The molecule has 1 amide bonds. The molecule has 25 heavy (non-hydrogen) atoms. The summed E-state index contributed by atoms with van der Waals surface area (Å²) in [5.41, 5.74) is 2.22. The number of carbonyl (C=O) groups excluding carboxylic acids is 1. The van der Waals surface area contributed by atoms with Gasteiger partial charge in [0.15, 0.2) is 21.3 Å². The Balaban J connectivity index is 1.52. The van der Waals surface area contributed by atoms with Crippen LogP contribution in [0.3, 0.4) is 0 Å². The molecule has 3 rings (SSSR count). The maximum absolute atomic E-state index is 12.1. The quantitative estimate of drug-likeness (QED) is 0.850. The number of rotatable bonds is 6. The Bertz CT molecular complexity index is 875. The third-order valence-electron chi connectivity index (χ3n) is 3.78. The summed E-state index contributed by atoms with van der Waals surface area (Å²) in [5, 5.41) is 2.85. The molecule has 0 unspecified atom stereocenters. The second kappa shape index (κ2) is 7.14. The van der Waals surface area contributed by atoms with E-state index in [0.29, 0.717) is 24.1 Å². The second-order valence-corrected chi connectivity index (χ2v) is 8.10. The fraction of sp³-hybridized carbons (Fsp3) is 0.278. The zero-order valence-electron chi connectivity index (χ0n) is 13.8. The van der Waals surface area contributed by atoms with Crippen molar-refractivity contribution in [3.63, 3.8) is 0 Å². The molecule has 0 radical (unpaired) electrons. The van der Waals surface area contributed by atoms with Gasteiger partial charge in [-0.05, 0) is 41.8 Å². The van der Waals surface area contributed by atoms with Gasteiger partial charge in [0.1, 0.15) is 0 Å². The molecule has 0 aliphatic carbocycles. The number of carbonyl (C=O) groups is 1. The van der Waals surface area contributed by atoms with Gasteiger partial charge in [0, 0.05) is 18.4 Å². The molecule has 0 spiro atoms. The molecule has 7 heteroatoms. The van der Waals surface area contributed by atoms with E-state index >= 15 is 0 Å². The molecule has 132 valence electrons. The first-order valence-corrected chi connectivity index (χ1v) is 9.90. The Morgan fingerprint density at radius 2 is 1.72 bits per heavy atom. The summed E-state index contributed by atoms with van der Waals surface area (Å²) in [5.74, 6) is 1.25. The lowest BCUT2D eigenvalue weighted by Gasteiger charge is -2.07. The lowest BCUT2D eigenvalue weighted by Crippen LogP contribution is -2.25. The molecule has 0 saturated heterocycles. The van der Waals surface area contributed by atoms with Crippen molar-refractivity contribution in [3.05, 3.63) is 59.2 Å². The smallest absolute Gasteiger partial charge is 0.251 e. The van der Waals surface area contributed by atoms with E-state index in [4.69, 9.17) is 9.47 Å². The lowest BCUT2D eigenvalue weighted by molar-refractivity contribution is 0.0954. The van der Waals surface area contributed by atoms with Crippen LogP contribution in [-0.4, -0.2) is 33.9 Å². The number of fused-ring (bicyclic) bond motifs is 1. The minimum absolute atomic E-state index is 0.0288. The van der Waals surface area contributed by atoms with Gasteiger partial charge in [0.25, 0.3) is 5.91 Å². The van der Waals surface area contributed by atoms with Crippen LogP contribution in [0.2, 0.25) is 0 Å². The van der Waals surface area contributed by atoms with Crippen molar-refractivity contribution in [2.75, 3.05) is 19.6 Å². The van der Waals surface area contributed by atoms with Crippen LogP contribution in [0.4, 0.5) is 0 Å². The third-order valence-corrected chi connectivity index (χ3v) is 4.64. The molecule has 1 aliphatic rings. The van der Waals surface area contributed by atoms with Crippen LogP contribution >= 0.6 is 0 Å². The largest absolute Gasteiger partial charge is 0.454 e. The number of nitrogens with one attached hydrogen (secondary N) is 1. The first-order chi connectivity index (χ1) is 11.9. The Morgan fingerprint density at radius 1 is 1.04 bits per heavy atom. The molecule has 0 fully saturated rings. The Morgan fingerprint density at radius 3 is 2.44 bits per heavy atom. The first kappa shape index (κ1) is 17.3. The minimum Gasteiger partial charge on any atom is -0.454 e. The molecular weight excluding hydrogens is 342 g/mol. The summed E-state index contributed by atoms with van der Waals surface area (Å²) >= 11 is 0. The summed E-state index contributed by atoms with van der Waals surface area (Å²) in [6.07, 6.45) is 1.86. The summed E-state index contributed by atoms with van der Waals surface area (Å²) in [4.78, 5) is 12.1. The van der Waals surface area contributed by atoms with E-state index < -0.39 is 9.84 Å². The van der Waals surface area contributed by atoms with E-state index in [1.54, 1.807) is 24.3 Å². The molecule has 2 aromatic rings. The van der Waals surface area contributed by atoms with Crippen molar-refractivity contribution in [3.8, 4) is 11.5 Å². The molecule has 1 heterocycles. The van der Waals surface area contributed by atoms with Crippen molar-refractivity contribution in [1.82, 2.24) is 5.32 Å². The summed E-state index contributed by atoms with van der Waals surface area (Å²) in [6.45, 7) is 0.731. The van der Waals surface area contributed by atoms with Gasteiger partial charge in [-0.15, -0.1) is 0 Å². The number of amides is 1. The van der Waals surface area contributed by atoms with Gasteiger partial charge in [-0.1, -0.05) is 18.2 Å². The SMILES string of the molecule is CS(=O)(=O)Cc1ccc(C(=O)NCCc2ccc3c(c2)OCO3)cc1. The van der Waals surface area contributed by atoms with Gasteiger partial charge >= 0.3 is 0 Å². The predicted octanol–water partition coefficient (Wildman–Crippen LogP) is 1.93. The molecule has 1 N–H and O–H groups in total. The molecule has 0 atom stereocenters. The molecule has 2 aromatic carbocycles. The highest BCUT2D eigenvalue weighted by Gasteiger charge is 2.13. The van der Waals surface area contributed by atoms with Crippen molar-refractivity contribution >= 4 is 15.7 Å². The van der Waals surface area contributed by atoms with Crippen LogP contribution < -0.4 is 14.8 Å². The van der Waals surface area contributed by atoms with Crippen molar-refractivity contribution < 1.29 is 22.7 Å². The van der Waals surface area contributed by atoms with Crippen LogP contribution in [0.25, 0.3) is 0 Å². The predicted molar refractivity (Wildman–Crippen MR) is 93.6 cm³/mol. The molecule has 6 nitrogen and oxygen atoms in total. The number of benzene rings is 2. The summed E-state index contributed by atoms with van der Waals surface area (Å²) in [6, 6.07) is 12.3. The zero-order chi connectivity index (χ0) is 17.9. The molecule has 0 aromatic heterocycles. The van der Waals surface area contributed by atoms with Crippen LogP contribution in [0.15, 0.2) is 42.5 Å². The van der Waals surface area contributed by atoms with Gasteiger partial charge in [0.05, 0.1) is 5.75 Å². The van der Waals surface area contributed by atoms with Gasteiger partial charge in [-0.2, -0.15) is 0 Å². The van der Waals surface area contributed by atoms with E-state index in [9.17, 15) is 13.2 Å². The van der Waals surface area contributed by atoms with Crippen LogP contribution in [0.1, 0.15) is 21.5 Å². The Kier molecular flexibility index (Phi) is 4.94. The fourth-order valence-corrected chi connectivity index (χ4v) is 3.37. The van der Waals surface area contributed by atoms with E-state index in [0.717, 1.165) is 17.1 Å². The van der Waals surface area contributed by atoms with Crippen LogP contribution in [0.5, 0.6) is 11.5 Å². The number of sulfone groups is 1. The van der Waals surface area contributed by atoms with Gasteiger partial charge < -0.3 is 14.8 Å². The van der Waals surface area contributed by atoms with Crippen molar-refractivity contribution in [2.45, 2.75) is 12.2 Å². The standard InChI is InChI=1S/C18H19NO5S/c1-25(21,22)11-14-2-5-15(6-3-14)18(20)19-9-8-13-4-7-16-17(10-13)24-12-23-16/h2-7,10H,8-9,11-12H2,1H3,(H,19,20). The fourth-order valence-electron chi connectivity index (χ4n) is 2.57. The average molecular weight is 361 g/mol.